The van der Waals surface area contributed by atoms with Crippen molar-refractivity contribution in [3.63, 3.8) is 0 Å². The van der Waals surface area contributed by atoms with Crippen molar-refractivity contribution in [2.75, 3.05) is 20.1 Å². The van der Waals surface area contributed by atoms with E-state index in [0.29, 0.717) is 10.6 Å². The Kier molecular flexibility index (Phi) is 7.14. The Bertz CT molecular complexity index is 852. The number of nitrogens with one attached hydrogen (secondary N) is 1. The molecule has 0 radical (unpaired) electrons. The van der Waals surface area contributed by atoms with E-state index in [1.165, 1.54) is 6.07 Å². The molecule has 0 bridgehead atoms. The molecule has 2 aromatic rings. The zero-order valence-electron chi connectivity index (χ0n) is 17.3. The highest BCUT2D eigenvalue weighted by molar-refractivity contribution is 6.31. The quantitative estimate of drug-likeness (QED) is 0.729. The smallest absolute Gasteiger partial charge is 0.318 e. The second kappa shape index (κ2) is 9.59. The van der Waals surface area contributed by atoms with Gasteiger partial charge in [0.05, 0.1) is 12.6 Å². The monoisotopic (exact) mass is 417 g/mol. The van der Waals surface area contributed by atoms with Crippen molar-refractivity contribution in [1.82, 2.24) is 15.1 Å². The van der Waals surface area contributed by atoms with E-state index in [0.717, 1.165) is 37.1 Å². The lowest BCUT2D eigenvalue weighted by atomic mass is 10.0. The topological polar surface area (TPSA) is 35.6 Å². The van der Waals surface area contributed by atoms with Crippen LogP contribution in [0.1, 0.15) is 42.5 Å². The number of rotatable bonds is 5. The molecule has 1 atom stereocenters. The molecule has 0 aliphatic carbocycles. The van der Waals surface area contributed by atoms with Gasteiger partial charge in [0.2, 0.25) is 0 Å². The average molecular weight is 418 g/mol. The van der Waals surface area contributed by atoms with Crippen molar-refractivity contribution in [1.29, 1.82) is 0 Å². The number of amides is 2. The van der Waals surface area contributed by atoms with Gasteiger partial charge in [0, 0.05) is 16.6 Å². The van der Waals surface area contributed by atoms with E-state index in [1.54, 1.807) is 23.1 Å². The molecular weight excluding hydrogens is 389 g/mol. The molecule has 1 heterocycles. The summed E-state index contributed by atoms with van der Waals surface area (Å²) in [5.41, 5.74) is 2.48. The molecule has 1 N–H and O–H groups in total. The number of carbonyl (C=O) groups excluding carboxylic acids is 1. The van der Waals surface area contributed by atoms with Crippen molar-refractivity contribution in [3.8, 4) is 0 Å². The molecule has 2 aromatic carbocycles. The summed E-state index contributed by atoms with van der Waals surface area (Å²) in [4.78, 5) is 17.3. The molecule has 1 saturated heterocycles. The Morgan fingerprint density at radius 1 is 1.24 bits per heavy atom. The predicted molar refractivity (Wildman–Crippen MR) is 116 cm³/mol. The highest BCUT2D eigenvalue weighted by atomic mass is 35.5. The van der Waals surface area contributed by atoms with Gasteiger partial charge in [0.1, 0.15) is 5.82 Å². The van der Waals surface area contributed by atoms with Gasteiger partial charge < -0.3 is 15.1 Å². The van der Waals surface area contributed by atoms with Gasteiger partial charge in [-0.15, -0.1) is 0 Å². The van der Waals surface area contributed by atoms with Crippen LogP contribution < -0.4 is 5.32 Å². The fourth-order valence-electron chi connectivity index (χ4n) is 3.92. The predicted octanol–water partition coefficient (Wildman–Crippen LogP) is 5.15. The maximum absolute atomic E-state index is 14.3. The number of piperidine rings is 1. The molecule has 1 fully saturated rings. The van der Waals surface area contributed by atoms with Crippen LogP contribution in [-0.4, -0.2) is 42.0 Å². The summed E-state index contributed by atoms with van der Waals surface area (Å²) in [6.07, 6.45) is 1.76. The standard InChI is InChI=1S/C23H29ClFN3O/c1-16-20(8-6-9-21(16)24)17(2)26-23(29)28(19-11-13-27(3)14-12-19)15-18-7-4-5-10-22(18)25/h4-10,17,19H,11-15H2,1-3H3,(H,26,29). The molecule has 1 aliphatic rings. The molecule has 0 aromatic heterocycles. The van der Waals surface area contributed by atoms with Crippen LogP contribution in [0.25, 0.3) is 0 Å². The van der Waals surface area contributed by atoms with Crippen LogP contribution in [-0.2, 0) is 6.54 Å². The molecule has 1 aliphatic heterocycles. The Balaban J connectivity index is 1.79. The van der Waals surface area contributed by atoms with Gasteiger partial charge in [0.15, 0.2) is 0 Å². The number of halogens is 2. The van der Waals surface area contributed by atoms with E-state index in [2.05, 4.69) is 17.3 Å². The fraction of sp³-hybridized carbons (Fsp3) is 0.435. The van der Waals surface area contributed by atoms with Gasteiger partial charge in [-0.2, -0.15) is 0 Å². The molecule has 3 rings (SSSR count). The largest absolute Gasteiger partial charge is 0.331 e. The van der Waals surface area contributed by atoms with Crippen molar-refractivity contribution >= 4 is 17.6 Å². The fourth-order valence-corrected chi connectivity index (χ4v) is 4.10. The summed E-state index contributed by atoms with van der Waals surface area (Å²) in [6, 6.07) is 12.1. The van der Waals surface area contributed by atoms with Crippen LogP contribution in [0.5, 0.6) is 0 Å². The second-order valence-corrected chi connectivity index (χ2v) is 8.29. The molecule has 156 valence electrons. The van der Waals surface area contributed by atoms with Gasteiger partial charge in [0.25, 0.3) is 0 Å². The first-order valence-corrected chi connectivity index (χ1v) is 10.5. The summed E-state index contributed by atoms with van der Waals surface area (Å²) in [5, 5.41) is 3.79. The summed E-state index contributed by atoms with van der Waals surface area (Å²) in [6.45, 7) is 6.01. The van der Waals surface area contributed by atoms with E-state index in [1.807, 2.05) is 32.0 Å². The minimum absolute atomic E-state index is 0.0819. The van der Waals surface area contributed by atoms with Crippen molar-refractivity contribution in [2.24, 2.45) is 0 Å². The van der Waals surface area contributed by atoms with Crippen LogP contribution in [0.2, 0.25) is 5.02 Å². The number of carbonyl (C=O) groups is 1. The van der Waals surface area contributed by atoms with Gasteiger partial charge in [-0.3, -0.25) is 0 Å². The maximum Gasteiger partial charge on any atom is 0.318 e. The molecule has 1 unspecified atom stereocenters. The molecule has 4 nitrogen and oxygen atoms in total. The Hall–Kier alpha value is -2.11. The van der Waals surface area contributed by atoms with E-state index in [-0.39, 0.29) is 30.5 Å². The first-order chi connectivity index (χ1) is 13.9. The average Bonchev–Trinajstić information content (AvgIpc) is 2.70. The van der Waals surface area contributed by atoms with E-state index in [9.17, 15) is 9.18 Å². The van der Waals surface area contributed by atoms with Crippen LogP contribution >= 0.6 is 11.6 Å². The number of hydrogen-bond acceptors (Lipinski definition) is 2. The van der Waals surface area contributed by atoms with Crippen LogP contribution in [0.3, 0.4) is 0 Å². The Morgan fingerprint density at radius 2 is 1.93 bits per heavy atom. The Morgan fingerprint density at radius 3 is 2.62 bits per heavy atom. The van der Waals surface area contributed by atoms with Gasteiger partial charge in [-0.05, 0) is 70.1 Å². The summed E-state index contributed by atoms with van der Waals surface area (Å²) < 4.78 is 14.3. The summed E-state index contributed by atoms with van der Waals surface area (Å²) in [7, 11) is 2.08. The minimum atomic E-state index is -0.281. The molecular formula is C23H29ClFN3O. The number of hydrogen-bond donors (Lipinski definition) is 1. The highest BCUT2D eigenvalue weighted by Gasteiger charge is 2.28. The number of urea groups is 1. The maximum atomic E-state index is 14.3. The summed E-state index contributed by atoms with van der Waals surface area (Å²) >= 11 is 6.25. The van der Waals surface area contributed by atoms with Crippen LogP contribution in [0.15, 0.2) is 42.5 Å². The second-order valence-electron chi connectivity index (χ2n) is 7.88. The Labute approximate surface area is 177 Å². The van der Waals surface area contributed by atoms with E-state index < -0.39 is 0 Å². The third-order valence-electron chi connectivity index (χ3n) is 5.80. The van der Waals surface area contributed by atoms with Gasteiger partial charge in [-0.25, -0.2) is 9.18 Å². The highest BCUT2D eigenvalue weighted by Crippen LogP contribution is 2.25. The molecule has 29 heavy (non-hydrogen) atoms. The summed E-state index contributed by atoms with van der Waals surface area (Å²) in [5.74, 6) is -0.281. The number of nitrogens with zero attached hydrogens (tertiary/aromatic N) is 2. The lowest BCUT2D eigenvalue weighted by molar-refractivity contribution is 0.124. The molecule has 0 spiro atoms. The van der Waals surface area contributed by atoms with E-state index in [4.69, 9.17) is 11.6 Å². The van der Waals surface area contributed by atoms with Crippen molar-refractivity contribution in [3.05, 3.63) is 70.0 Å². The first kappa shape index (κ1) is 21.6. The molecule has 0 saturated carbocycles. The van der Waals surface area contributed by atoms with Crippen molar-refractivity contribution in [2.45, 2.75) is 45.3 Å². The van der Waals surface area contributed by atoms with Crippen LogP contribution in [0, 0.1) is 12.7 Å². The first-order valence-electron chi connectivity index (χ1n) is 10.1. The van der Waals surface area contributed by atoms with Crippen LogP contribution in [0.4, 0.5) is 9.18 Å². The number of benzene rings is 2. The number of likely N-dealkylation sites (tertiary alicyclic amines) is 1. The molecule has 6 heteroatoms. The third kappa shape index (κ3) is 5.28. The van der Waals surface area contributed by atoms with Gasteiger partial charge in [-0.1, -0.05) is 41.9 Å². The van der Waals surface area contributed by atoms with E-state index >= 15 is 0 Å². The van der Waals surface area contributed by atoms with Crippen molar-refractivity contribution < 1.29 is 9.18 Å². The normalized spacial score (nSPS) is 16.4. The lowest BCUT2D eigenvalue weighted by Crippen LogP contribution is -2.50. The lowest BCUT2D eigenvalue weighted by Gasteiger charge is -2.38. The SMILES string of the molecule is Cc1c(Cl)cccc1C(C)NC(=O)N(Cc1ccccc1F)C1CCN(C)CC1. The van der Waals surface area contributed by atoms with Gasteiger partial charge >= 0.3 is 6.03 Å². The molecule has 2 amide bonds. The zero-order valence-corrected chi connectivity index (χ0v) is 18.0. The minimum Gasteiger partial charge on any atom is -0.331 e. The zero-order chi connectivity index (χ0) is 21.0. The third-order valence-corrected chi connectivity index (χ3v) is 6.21.